The normalized spacial score (nSPS) is 17.1. The number of nitrogens with one attached hydrogen (secondary N) is 1. The van der Waals surface area contributed by atoms with Crippen molar-refractivity contribution in [2.24, 2.45) is 5.92 Å². The number of aryl methyl sites for hydroxylation is 1. The van der Waals surface area contributed by atoms with Crippen LogP contribution < -0.4 is 5.32 Å². The molecule has 1 aliphatic heterocycles. The van der Waals surface area contributed by atoms with Gasteiger partial charge in [-0.1, -0.05) is 42.5 Å². The molecule has 0 saturated carbocycles. The number of likely N-dealkylation sites (tertiary alicyclic amines) is 1. The first-order valence-corrected chi connectivity index (χ1v) is 9.74. The molecule has 1 heterocycles. The Morgan fingerprint density at radius 3 is 2.59 bits per heavy atom. The summed E-state index contributed by atoms with van der Waals surface area (Å²) in [6.07, 6.45) is -0.836. The first kappa shape index (κ1) is 20.6. The summed E-state index contributed by atoms with van der Waals surface area (Å²) in [7, 11) is 0. The molecule has 0 aromatic heterocycles. The van der Waals surface area contributed by atoms with Crippen molar-refractivity contribution in [3.05, 3.63) is 65.2 Å². The second-order valence-corrected chi connectivity index (χ2v) is 7.48. The third-order valence-electron chi connectivity index (χ3n) is 5.29. The zero-order chi connectivity index (χ0) is 21.0. The minimum absolute atomic E-state index is 0.0803. The van der Waals surface area contributed by atoms with Crippen LogP contribution in [0.3, 0.4) is 0 Å². The van der Waals surface area contributed by atoms with Gasteiger partial charge in [0.1, 0.15) is 0 Å². The monoisotopic (exact) mass is 394 g/mol. The number of esters is 1. The second kappa shape index (κ2) is 8.90. The van der Waals surface area contributed by atoms with Gasteiger partial charge in [0.15, 0.2) is 6.10 Å². The highest BCUT2D eigenvalue weighted by molar-refractivity contribution is 5.96. The van der Waals surface area contributed by atoms with Crippen LogP contribution in [0, 0.1) is 19.8 Å². The van der Waals surface area contributed by atoms with Crippen LogP contribution in [0.4, 0.5) is 5.69 Å². The molecule has 1 N–H and O–H groups in total. The van der Waals surface area contributed by atoms with Crippen LogP contribution >= 0.6 is 0 Å². The number of carbonyl (C=O) groups is 3. The Hall–Kier alpha value is -3.15. The van der Waals surface area contributed by atoms with E-state index < -0.39 is 23.9 Å². The van der Waals surface area contributed by atoms with Gasteiger partial charge in [-0.25, -0.2) is 0 Å². The molecule has 2 aromatic rings. The van der Waals surface area contributed by atoms with E-state index in [0.29, 0.717) is 18.8 Å². The van der Waals surface area contributed by atoms with E-state index in [1.807, 2.05) is 62.4 Å². The number of anilines is 1. The SMILES string of the molecule is Cc1cccc(NC(=O)[C@@H](C)OC(=O)[C@H]2CC(=O)N(Cc3ccccc3)C2)c1C. The summed E-state index contributed by atoms with van der Waals surface area (Å²) in [4.78, 5) is 38.8. The first-order chi connectivity index (χ1) is 13.8. The number of carbonyl (C=O) groups excluding carboxylic acids is 3. The molecule has 1 fully saturated rings. The molecule has 1 aliphatic rings. The van der Waals surface area contributed by atoms with Crippen molar-refractivity contribution in [3.8, 4) is 0 Å². The number of hydrogen-bond acceptors (Lipinski definition) is 4. The molecule has 1 saturated heterocycles. The van der Waals surface area contributed by atoms with Gasteiger partial charge in [-0.2, -0.15) is 0 Å². The Labute approximate surface area is 170 Å². The molecule has 3 rings (SSSR count). The predicted molar refractivity (Wildman–Crippen MR) is 110 cm³/mol. The number of amides is 2. The fourth-order valence-electron chi connectivity index (χ4n) is 3.33. The molecule has 2 atom stereocenters. The van der Waals surface area contributed by atoms with Gasteiger partial charge in [-0.15, -0.1) is 0 Å². The van der Waals surface area contributed by atoms with Crippen LogP contribution in [0.15, 0.2) is 48.5 Å². The molecule has 2 aromatic carbocycles. The molecule has 0 spiro atoms. The summed E-state index contributed by atoms with van der Waals surface area (Å²) in [6, 6.07) is 15.3. The maximum atomic E-state index is 12.5. The number of hydrogen-bond donors (Lipinski definition) is 1. The average molecular weight is 394 g/mol. The number of rotatable bonds is 6. The van der Waals surface area contributed by atoms with Gasteiger partial charge in [-0.3, -0.25) is 14.4 Å². The second-order valence-electron chi connectivity index (χ2n) is 7.48. The lowest BCUT2D eigenvalue weighted by Gasteiger charge is -2.18. The summed E-state index contributed by atoms with van der Waals surface area (Å²) in [5, 5.41) is 2.80. The lowest BCUT2D eigenvalue weighted by Crippen LogP contribution is -2.33. The van der Waals surface area contributed by atoms with Crippen LogP contribution in [0.2, 0.25) is 0 Å². The zero-order valence-electron chi connectivity index (χ0n) is 17.0. The van der Waals surface area contributed by atoms with E-state index in [4.69, 9.17) is 4.74 Å². The Balaban J connectivity index is 1.54. The van der Waals surface area contributed by atoms with Crippen LogP contribution in [0.1, 0.15) is 30.0 Å². The van der Waals surface area contributed by atoms with Gasteiger partial charge >= 0.3 is 5.97 Å². The lowest BCUT2D eigenvalue weighted by molar-refractivity contribution is -0.157. The standard InChI is InChI=1S/C23H26N2O4/c1-15-8-7-11-20(16(15)2)24-22(27)17(3)29-23(28)19-12-21(26)25(14-19)13-18-9-5-4-6-10-18/h4-11,17,19H,12-14H2,1-3H3,(H,24,27)/t17-,19+/m1/s1. The minimum Gasteiger partial charge on any atom is -0.452 e. The molecule has 6 heteroatoms. The van der Waals surface area contributed by atoms with Gasteiger partial charge < -0.3 is 15.0 Å². The average Bonchev–Trinajstić information content (AvgIpc) is 3.06. The largest absolute Gasteiger partial charge is 0.452 e. The third-order valence-corrected chi connectivity index (χ3v) is 5.29. The highest BCUT2D eigenvalue weighted by Gasteiger charge is 2.36. The molecule has 0 bridgehead atoms. The fraction of sp³-hybridized carbons (Fsp3) is 0.348. The number of benzene rings is 2. The van der Waals surface area contributed by atoms with E-state index in [0.717, 1.165) is 16.7 Å². The van der Waals surface area contributed by atoms with Crippen LogP contribution in [0.25, 0.3) is 0 Å². The molecule has 0 radical (unpaired) electrons. The first-order valence-electron chi connectivity index (χ1n) is 9.74. The Morgan fingerprint density at radius 2 is 1.86 bits per heavy atom. The molecule has 6 nitrogen and oxygen atoms in total. The Morgan fingerprint density at radius 1 is 1.14 bits per heavy atom. The zero-order valence-corrected chi connectivity index (χ0v) is 17.0. The van der Waals surface area contributed by atoms with Crippen molar-refractivity contribution in [2.75, 3.05) is 11.9 Å². The van der Waals surface area contributed by atoms with Gasteiger partial charge in [0.05, 0.1) is 5.92 Å². The molecule has 0 aliphatic carbocycles. The quantitative estimate of drug-likeness (QED) is 0.764. The van der Waals surface area contributed by atoms with Gasteiger partial charge in [0, 0.05) is 25.2 Å². The van der Waals surface area contributed by atoms with Crippen LogP contribution in [0.5, 0.6) is 0 Å². The van der Waals surface area contributed by atoms with Crippen molar-refractivity contribution in [2.45, 2.75) is 39.8 Å². The molecule has 152 valence electrons. The summed E-state index contributed by atoms with van der Waals surface area (Å²) in [6.45, 7) is 6.20. The highest BCUT2D eigenvalue weighted by atomic mass is 16.5. The van der Waals surface area contributed by atoms with Gasteiger partial charge in [0.25, 0.3) is 5.91 Å². The molecule has 29 heavy (non-hydrogen) atoms. The Bertz CT molecular complexity index is 910. The van der Waals surface area contributed by atoms with E-state index in [2.05, 4.69) is 5.32 Å². The van der Waals surface area contributed by atoms with Gasteiger partial charge in [0.2, 0.25) is 5.91 Å². The third kappa shape index (κ3) is 5.02. The summed E-state index contributed by atoms with van der Waals surface area (Å²) >= 11 is 0. The Kier molecular flexibility index (Phi) is 6.32. The van der Waals surface area contributed by atoms with Crippen molar-refractivity contribution >= 4 is 23.5 Å². The summed E-state index contributed by atoms with van der Waals surface area (Å²) in [5.41, 5.74) is 3.74. The van der Waals surface area contributed by atoms with E-state index in [1.54, 1.807) is 4.90 Å². The van der Waals surface area contributed by atoms with Crippen molar-refractivity contribution in [3.63, 3.8) is 0 Å². The fourth-order valence-corrected chi connectivity index (χ4v) is 3.33. The van der Waals surface area contributed by atoms with E-state index in [9.17, 15) is 14.4 Å². The van der Waals surface area contributed by atoms with Crippen LogP contribution in [-0.2, 0) is 25.7 Å². The maximum absolute atomic E-state index is 12.5. The number of nitrogens with zero attached hydrogens (tertiary/aromatic N) is 1. The van der Waals surface area contributed by atoms with Gasteiger partial charge in [-0.05, 0) is 43.5 Å². The maximum Gasteiger partial charge on any atom is 0.312 e. The van der Waals surface area contributed by atoms with Crippen molar-refractivity contribution < 1.29 is 19.1 Å². The number of ether oxygens (including phenoxy) is 1. The smallest absolute Gasteiger partial charge is 0.312 e. The topological polar surface area (TPSA) is 75.7 Å². The lowest BCUT2D eigenvalue weighted by atomic mass is 10.1. The van der Waals surface area contributed by atoms with Crippen molar-refractivity contribution in [1.29, 1.82) is 0 Å². The highest BCUT2D eigenvalue weighted by Crippen LogP contribution is 2.23. The summed E-state index contributed by atoms with van der Waals surface area (Å²) < 4.78 is 5.36. The van der Waals surface area contributed by atoms with Crippen molar-refractivity contribution in [1.82, 2.24) is 4.90 Å². The molecule has 2 amide bonds. The minimum atomic E-state index is -0.944. The molecule has 0 unspecified atom stereocenters. The van der Waals surface area contributed by atoms with E-state index >= 15 is 0 Å². The predicted octanol–water partition coefficient (Wildman–Crippen LogP) is 3.22. The molecular formula is C23H26N2O4. The van der Waals surface area contributed by atoms with Crippen LogP contribution in [-0.4, -0.2) is 35.3 Å². The molecular weight excluding hydrogens is 368 g/mol. The van der Waals surface area contributed by atoms with E-state index in [-0.39, 0.29) is 12.3 Å². The summed E-state index contributed by atoms with van der Waals surface area (Å²) in [5.74, 6) is -1.54. The van der Waals surface area contributed by atoms with E-state index in [1.165, 1.54) is 6.92 Å².